The second-order valence-electron chi connectivity index (χ2n) is 5.08. The first kappa shape index (κ1) is 14.2. The lowest BCUT2D eigenvalue weighted by atomic mass is 10.2. The summed E-state index contributed by atoms with van der Waals surface area (Å²) >= 11 is 6.05. The standard InChI is InChI=1S/C11H15ClN4O2S/c1-6-7(2)9-13-14-10(16(9)15-8(6)12)11(3,4)19(5,17)18/h1-5H3. The van der Waals surface area contributed by atoms with Crippen LogP contribution >= 0.6 is 11.6 Å². The minimum Gasteiger partial charge on any atom is -0.228 e. The molecule has 0 unspecified atom stereocenters. The summed E-state index contributed by atoms with van der Waals surface area (Å²) in [5, 5.41) is 12.5. The molecule has 0 aromatic carbocycles. The molecule has 2 aromatic rings. The van der Waals surface area contributed by atoms with Crippen molar-refractivity contribution in [1.29, 1.82) is 0 Å². The van der Waals surface area contributed by atoms with Gasteiger partial charge in [0.2, 0.25) is 0 Å². The normalized spacial score (nSPS) is 13.2. The van der Waals surface area contributed by atoms with Gasteiger partial charge in [0.1, 0.15) is 4.75 Å². The molecule has 0 aliphatic carbocycles. The lowest BCUT2D eigenvalue weighted by Gasteiger charge is -2.19. The predicted octanol–water partition coefficient (Wildman–Crippen LogP) is 1.67. The summed E-state index contributed by atoms with van der Waals surface area (Å²) in [4.78, 5) is 0. The number of hydrogen-bond acceptors (Lipinski definition) is 5. The highest BCUT2D eigenvalue weighted by atomic mass is 35.5. The zero-order chi connectivity index (χ0) is 14.6. The van der Waals surface area contributed by atoms with Crippen LogP contribution in [0.2, 0.25) is 5.15 Å². The Morgan fingerprint density at radius 2 is 1.74 bits per heavy atom. The van der Waals surface area contributed by atoms with Crippen LogP contribution in [0.4, 0.5) is 0 Å². The molecule has 0 fully saturated rings. The minimum atomic E-state index is -3.36. The van der Waals surface area contributed by atoms with E-state index in [0.29, 0.717) is 10.8 Å². The number of sulfone groups is 1. The van der Waals surface area contributed by atoms with E-state index >= 15 is 0 Å². The summed E-state index contributed by atoms with van der Waals surface area (Å²) in [6.07, 6.45) is 1.16. The van der Waals surface area contributed by atoms with E-state index in [9.17, 15) is 8.42 Å². The largest absolute Gasteiger partial charge is 0.228 e. The topological polar surface area (TPSA) is 77.2 Å². The van der Waals surface area contributed by atoms with E-state index in [2.05, 4.69) is 15.3 Å². The van der Waals surface area contributed by atoms with Gasteiger partial charge in [0, 0.05) is 11.8 Å². The Kier molecular flexibility index (Phi) is 3.10. The third-order valence-corrected chi connectivity index (χ3v) is 5.90. The van der Waals surface area contributed by atoms with Crippen LogP contribution in [0.5, 0.6) is 0 Å². The van der Waals surface area contributed by atoms with E-state index in [-0.39, 0.29) is 5.82 Å². The lowest BCUT2D eigenvalue weighted by Crippen LogP contribution is -2.31. The second kappa shape index (κ2) is 4.14. The quantitative estimate of drug-likeness (QED) is 0.843. The zero-order valence-corrected chi connectivity index (χ0v) is 13.0. The summed E-state index contributed by atoms with van der Waals surface area (Å²) in [6, 6.07) is 0. The molecule has 6 nitrogen and oxygen atoms in total. The first-order valence-corrected chi connectivity index (χ1v) is 7.92. The highest BCUT2D eigenvalue weighted by molar-refractivity contribution is 7.91. The molecule has 0 amide bonds. The molecule has 0 N–H and O–H groups in total. The Balaban J connectivity index is 2.86. The van der Waals surface area contributed by atoms with Gasteiger partial charge in [0.15, 0.2) is 26.5 Å². The molecule has 0 aliphatic heterocycles. The van der Waals surface area contributed by atoms with Crippen LogP contribution < -0.4 is 0 Å². The van der Waals surface area contributed by atoms with Crippen molar-refractivity contribution in [3.8, 4) is 0 Å². The highest BCUT2D eigenvalue weighted by Gasteiger charge is 2.38. The monoisotopic (exact) mass is 302 g/mol. The third-order valence-electron chi connectivity index (χ3n) is 3.50. The van der Waals surface area contributed by atoms with Gasteiger partial charge < -0.3 is 0 Å². The van der Waals surface area contributed by atoms with Crippen molar-refractivity contribution in [3.05, 3.63) is 22.1 Å². The van der Waals surface area contributed by atoms with E-state index in [1.54, 1.807) is 13.8 Å². The molecule has 104 valence electrons. The number of hydrogen-bond donors (Lipinski definition) is 0. The van der Waals surface area contributed by atoms with Gasteiger partial charge in [-0.3, -0.25) is 0 Å². The average Bonchev–Trinajstić information content (AvgIpc) is 2.68. The van der Waals surface area contributed by atoms with Crippen LogP contribution in [0, 0.1) is 13.8 Å². The maximum atomic E-state index is 11.9. The molecule has 2 heterocycles. The fourth-order valence-corrected chi connectivity index (χ4v) is 2.31. The van der Waals surface area contributed by atoms with Crippen molar-refractivity contribution in [3.63, 3.8) is 0 Å². The van der Waals surface area contributed by atoms with E-state index in [4.69, 9.17) is 11.6 Å². The molecule has 0 radical (unpaired) electrons. The summed E-state index contributed by atoms with van der Waals surface area (Å²) in [6.45, 7) is 6.83. The first-order chi connectivity index (χ1) is 8.57. The van der Waals surface area contributed by atoms with Crippen molar-refractivity contribution < 1.29 is 8.42 Å². The zero-order valence-electron chi connectivity index (χ0n) is 11.4. The van der Waals surface area contributed by atoms with E-state index in [0.717, 1.165) is 17.4 Å². The van der Waals surface area contributed by atoms with Crippen LogP contribution in [-0.4, -0.2) is 34.5 Å². The van der Waals surface area contributed by atoms with Crippen LogP contribution in [0.3, 0.4) is 0 Å². The highest BCUT2D eigenvalue weighted by Crippen LogP contribution is 2.29. The van der Waals surface area contributed by atoms with E-state index in [1.807, 2.05) is 13.8 Å². The molecule has 0 bridgehead atoms. The average molecular weight is 303 g/mol. The number of nitrogens with zero attached hydrogens (tertiary/aromatic N) is 4. The van der Waals surface area contributed by atoms with Gasteiger partial charge in [-0.1, -0.05) is 11.6 Å². The number of aryl methyl sites for hydroxylation is 1. The fourth-order valence-electron chi connectivity index (χ4n) is 1.63. The van der Waals surface area contributed by atoms with Crippen molar-refractivity contribution in [2.45, 2.75) is 32.4 Å². The molecular weight excluding hydrogens is 288 g/mol. The molecule has 8 heteroatoms. The smallest absolute Gasteiger partial charge is 0.181 e. The summed E-state index contributed by atoms with van der Waals surface area (Å²) < 4.78 is 24.0. The number of rotatable bonds is 2. The molecule has 2 rings (SSSR count). The van der Waals surface area contributed by atoms with Gasteiger partial charge >= 0.3 is 0 Å². The van der Waals surface area contributed by atoms with Crippen molar-refractivity contribution in [2.24, 2.45) is 0 Å². The Hall–Kier alpha value is -1.21. The van der Waals surface area contributed by atoms with Crippen molar-refractivity contribution in [2.75, 3.05) is 6.26 Å². The predicted molar refractivity (Wildman–Crippen MR) is 73.1 cm³/mol. The minimum absolute atomic E-state index is 0.259. The Labute approximate surface area is 116 Å². The van der Waals surface area contributed by atoms with Gasteiger partial charge in [0.05, 0.1) is 0 Å². The SMILES string of the molecule is Cc1c(Cl)nn2c(C(C)(C)S(C)(=O)=O)nnc2c1C. The number of fused-ring (bicyclic) bond motifs is 1. The van der Waals surface area contributed by atoms with Crippen LogP contribution in [0.25, 0.3) is 5.65 Å². The Morgan fingerprint density at radius 1 is 1.16 bits per heavy atom. The van der Waals surface area contributed by atoms with Gasteiger partial charge in [-0.2, -0.15) is 9.61 Å². The maximum Gasteiger partial charge on any atom is 0.181 e. The van der Waals surface area contributed by atoms with Crippen LogP contribution in [-0.2, 0) is 14.6 Å². The molecular formula is C11H15ClN4O2S. The van der Waals surface area contributed by atoms with Gasteiger partial charge in [-0.25, -0.2) is 8.42 Å². The van der Waals surface area contributed by atoms with Crippen molar-refractivity contribution >= 4 is 27.1 Å². The molecule has 0 saturated heterocycles. The fraction of sp³-hybridized carbons (Fsp3) is 0.545. The van der Waals surface area contributed by atoms with E-state index in [1.165, 1.54) is 4.52 Å². The van der Waals surface area contributed by atoms with Gasteiger partial charge in [-0.05, 0) is 33.3 Å². The maximum absolute atomic E-state index is 11.9. The number of aromatic nitrogens is 4. The van der Waals surface area contributed by atoms with Gasteiger partial charge in [0.25, 0.3) is 0 Å². The second-order valence-corrected chi connectivity index (χ2v) is 8.01. The number of halogens is 1. The third kappa shape index (κ3) is 2.01. The molecule has 19 heavy (non-hydrogen) atoms. The first-order valence-electron chi connectivity index (χ1n) is 5.65. The van der Waals surface area contributed by atoms with Gasteiger partial charge in [-0.15, -0.1) is 10.2 Å². The molecule has 0 atom stereocenters. The van der Waals surface area contributed by atoms with Crippen LogP contribution in [0.1, 0.15) is 30.8 Å². The summed E-state index contributed by atoms with van der Waals surface area (Å²) in [5.74, 6) is 0.259. The van der Waals surface area contributed by atoms with Crippen LogP contribution in [0.15, 0.2) is 0 Å². The van der Waals surface area contributed by atoms with E-state index < -0.39 is 14.6 Å². The Bertz CT molecular complexity index is 765. The summed E-state index contributed by atoms with van der Waals surface area (Å²) in [7, 11) is -3.36. The lowest BCUT2D eigenvalue weighted by molar-refractivity contribution is 0.543. The molecule has 2 aromatic heterocycles. The Morgan fingerprint density at radius 3 is 2.26 bits per heavy atom. The molecule has 0 spiro atoms. The summed E-state index contributed by atoms with van der Waals surface area (Å²) in [5.41, 5.74) is 2.17. The molecule has 0 aliphatic rings. The van der Waals surface area contributed by atoms with Crippen molar-refractivity contribution in [1.82, 2.24) is 19.8 Å². The molecule has 0 saturated carbocycles.